The van der Waals surface area contributed by atoms with Gasteiger partial charge in [0.1, 0.15) is 15.9 Å². The second kappa shape index (κ2) is 8.17. The lowest BCUT2D eigenvalue weighted by Crippen LogP contribution is -2.42. The highest BCUT2D eigenvalue weighted by Crippen LogP contribution is 2.63. The molecule has 1 aromatic heterocycles. The van der Waals surface area contributed by atoms with Crippen molar-refractivity contribution in [1.82, 2.24) is 20.6 Å². The Bertz CT molecular complexity index is 1170. The van der Waals surface area contributed by atoms with Gasteiger partial charge in [-0.3, -0.25) is 14.9 Å². The number of anilines is 1. The number of benzene rings is 1. The average molecular weight is 484 g/mol. The minimum Gasteiger partial charge on any atom is -0.322 e. The van der Waals surface area contributed by atoms with Crippen LogP contribution in [0, 0.1) is 23.2 Å². The first-order valence-corrected chi connectivity index (χ1v) is 14.2. The summed E-state index contributed by atoms with van der Waals surface area (Å²) in [5.41, 5.74) is 8.86. The van der Waals surface area contributed by atoms with Crippen molar-refractivity contribution in [3.05, 3.63) is 48.3 Å². The summed E-state index contributed by atoms with van der Waals surface area (Å²) in [4.78, 5) is 13.2. The van der Waals surface area contributed by atoms with Crippen molar-refractivity contribution in [3.63, 3.8) is 0 Å². The minimum atomic E-state index is -2.95. The van der Waals surface area contributed by atoms with Gasteiger partial charge in [-0.1, -0.05) is 37.3 Å². The number of hydrogen-bond acceptors (Lipinski definition) is 6. The van der Waals surface area contributed by atoms with E-state index in [-0.39, 0.29) is 35.4 Å². The van der Waals surface area contributed by atoms with Gasteiger partial charge in [-0.05, 0) is 54.9 Å². The summed E-state index contributed by atoms with van der Waals surface area (Å²) in [6.07, 6.45) is 8.33. The Morgan fingerprint density at radius 1 is 1.18 bits per heavy atom. The fraction of sp³-hybridized carbons (Fsp3) is 0.600. The maximum Gasteiger partial charge on any atom is 0.243 e. The molecular weight excluding hydrogens is 450 g/mol. The molecule has 3 heterocycles. The zero-order chi connectivity index (χ0) is 23.5. The molecular formula is C25H33N5O3S. The zero-order valence-corrected chi connectivity index (χ0v) is 20.3. The van der Waals surface area contributed by atoms with Crippen molar-refractivity contribution in [2.75, 3.05) is 16.8 Å². The lowest BCUT2D eigenvalue weighted by Gasteiger charge is -2.31. The number of sulfone groups is 1. The molecule has 6 rings (SSSR count). The number of rotatable bonds is 5. The van der Waals surface area contributed by atoms with Gasteiger partial charge in [0.05, 0.1) is 29.4 Å². The van der Waals surface area contributed by atoms with Crippen molar-refractivity contribution in [2.24, 2.45) is 23.2 Å². The zero-order valence-electron chi connectivity index (χ0n) is 19.5. The van der Waals surface area contributed by atoms with Crippen LogP contribution >= 0.6 is 0 Å². The standard InChI is InChI=1S/C25H33N5O3S/c1-25-12-18(25)11-20-21(13-25)28-29-22(20)24(31)27-19-14-26-30(15-19)23(16-5-3-2-4-6-16)17-7-9-34(32,33)10-8-17/h2-6,14-15,17-18,20-23,28-29H,7-13H2,1H3,(H,27,31)/t18-,20?,21?,22?,23-,25-/m1/s1. The van der Waals surface area contributed by atoms with Crippen molar-refractivity contribution in [1.29, 1.82) is 0 Å². The van der Waals surface area contributed by atoms with Gasteiger partial charge in [-0.25, -0.2) is 13.8 Å². The molecule has 1 amide bonds. The van der Waals surface area contributed by atoms with Crippen LogP contribution < -0.4 is 16.2 Å². The predicted octanol–water partition coefficient (Wildman–Crippen LogP) is 2.52. The van der Waals surface area contributed by atoms with Gasteiger partial charge in [0.2, 0.25) is 5.91 Å². The summed E-state index contributed by atoms with van der Waals surface area (Å²) < 4.78 is 25.9. The normalized spacial score (nSPS) is 35.2. The number of carbonyl (C=O) groups excluding carboxylic acids is 1. The number of carbonyl (C=O) groups is 1. The molecule has 1 aromatic carbocycles. The largest absolute Gasteiger partial charge is 0.322 e. The van der Waals surface area contributed by atoms with Crippen molar-refractivity contribution in [2.45, 2.75) is 57.2 Å². The van der Waals surface area contributed by atoms with Gasteiger partial charge in [0.25, 0.3) is 0 Å². The molecule has 3 N–H and O–H groups in total. The second-order valence-corrected chi connectivity index (χ2v) is 13.4. The molecule has 2 aliphatic carbocycles. The number of hydrazine groups is 1. The Labute approximate surface area is 200 Å². The number of nitrogens with zero attached hydrogens (tertiary/aromatic N) is 2. The highest BCUT2D eigenvalue weighted by Gasteiger charge is 2.59. The Hall–Kier alpha value is -2.23. The van der Waals surface area contributed by atoms with Crippen LogP contribution in [-0.4, -0.2) is 47.7 Å². The van der Waals surface area contributed by atoms with Crippen LogP contribution in [0.5, 0.6) is 0 Å². The van der Waals surface area contributed by atoms with E-state index in [1.54, 1.807) is 6.20 Å². The lowest BCUT2D eigenvalue weighted by molar-refractivity contribution is -0.119. The molecule has 34 heavy (non-hydrogen) atoms. The van der Waals surface area contributed by atoms with Crippen LogP contribution in [-0.2, 0) is 14.6 Å². The van der Waals surface area contributed by atoms with Crippen molar-refractivity contribution < 1.29 is 13.2 Å². The van der Waals surface area contributed by atoms with Gasteiger partial charge in [0, 0.05) is 18.2 Å². The number of aromatic nitrogens is 2. The molecule has 2 aliphatic heterocycles. The summed E-state index contributed by atoms with van der Waals surface area (Å²) in [6.45, 7) is 2.36. The van der Waals surface area contributed by atoms with E-state index >= 15 is 0 Å². The molecule has 0 radical (unpaired) electrons. The Kier molecular flexibility index (Phi) is 5.35. The van der Waals surface area contributed by atoms with E-state index < -0.39 is 9.84 Å². The topological polar surface area (TPSA) is 105 Å². The fourth-order valence-corrected chi connectivity index (χ4v) is 8.18. The minimum absolute atomic E-state index is 0.0242. The quantitative estimate of drug-likeness (QED) is 0.604. The molecule has 2 aromatic rings. The average Bonchev–Trinajstić information content (AvgIpc) is 3.10. The van der Waals surface area contributed by atoms with E-state index in [1.165, 1.54) is 6.42 Å². The molecule has 9 heteroatoms. The van der Waals surface area contributed by atoms with Crippen LogP contribution in [0.4, 0.5) is 5.69 Å². The van der Waals surface area contributed by atoms with Crippen LogP contribution in [0.15, 0.2) is 42.7 Å². The van der Waals surface area contributed by atoms with Crippen LogP contribution in [0.1, 0.15) is 50.6 Å². The molecule has 8 nitrogen and oxygen atoms in total. The summed E-state index contributed by atoms with van der Waals surface area (Å²) in [6, 6.07) is 10.2. The highest BCUT2D eigenvalue weighted by molar-refractivity contribution is 7.91. The molecule has 2 saturated heterocycles. The number of amides is 1. The first-order valence-electron chi connectivity index (χ1n) is 12.4. The molecule has 4 fully saturated rings. The molecule has 0 bridgehead atoms. The smallest absolute Gasteiger partial charge is 0.243 e. The Morgan fingerprint density at radius 3 is 2.71 bits per heavy atom. The molecule has 2 saturated carbocycles. The molecule has 6 atom stereocenters. The van der Waals surface area contributed by atoms with Crippen LogP contribution in [0.25, 0.3) is 0 Å². The van der Waals surface area contributed by atoms with E-state index in [0.29, 0.717) is 35.9 Å². The SMILES string of the molecule is C[C@@]12CC3NNC(C(=O)Nc4cnn([C@H](c5ccccc5)C5CCS(=O)(=O)CC5)c4)C3C[C@@H]1C2. The Morgan fingerprint density at radius 2 is 1.94 bits per heavy atom. The molecule has 4 aliphatic rings. The summed E-state index contributed by atoms with van der Waals surface area (Å²) in [5.74, 6) is 1.65. The van der Waals surface area contributed by atoms with E-state index in [4.69, 9.17) is 0 Å². The van der Waals surface area contributed by atoms with Crippen LogP contribution in [0.2, 0.25) is 0 Å². The molecule has 182 valence electrons. The van der Waals surface area contributed by atoms with Gasteiger partial charge in [-0.15, -0.1) is 0 Å². The van der Waals surface area contributed by atoms with Crippen molar-refractivity contribution >= 4 is 21.4 Å². The van der Waals surface area contributed by atoms with Gasteiger partial charge < -0.3 is 5.32 Å². The summed E-state index contributed by atoms with van der Waals surface area (Å²) >= 11 is 0. The number of nitrogens with one attached hydrogen (secondary N) is 3. The Balaban J connectivity index is 1.18. The second-order valence-electron chi connectivity index (χ2n) is 11.1. The number of fused-ring (bicyclic) bond motifs is 2. The van der Waals surface area contributed by atoms with Crippen LogP contribution in [0.3, 0.4) is 0 Å². The maximum absolute atomic E-state index is 13.2. The van der Waals surface area contributed by atoms with E-state index in [2.05, 4.69) is 40.3 Å². The summed E-state index contributed by atoms with van der Waals surface area (Å²) in [5, 5.41) is 7.69. The first kappa shape index (κ1) is 22.2. The predicted molar refractivity (Wildman–Crippen MR) is 130 cm³/mol. The first-order chi connectivity index (χ1) is 16.3. The van der Waals surface area contributed by atoms with E-state index in [0.717, 1.165) is 24.3 Å². The lowest BCUT2D eigenvalue weighted by atomic mass is 9.77. The van der Waals surface area contributed by atoms with E-state index in [9.17, 15) is 13.2 Å². The fourth-order valence-electron chi connectivity index (χ4n) is 6.65. The van der Waals surface area contributed by atoms with Crippen molar-refractivity contribution in [3.8, 4) is 0 Å². The van der Waals surface area contributed by atoms with Gasteiger partial charge in [0.15, 0.2) is 0 Å². The maximum atomic E-state index is 13.2. The third kappa shape index (κ3) is 4.07. The monoisotopic (exact) mass is 483 g/mol. The summed E-state index contributed by atoms with van der Waals surface area (Å²) in [7, 11) is -2.95. The number of hydrogen-bond donors (Lipinski definition) is 3. The highest BCUT2D eigenvalue weighted by atomic mass is 32.2. The van der Waals surface area contributed by atoms with E-state index in [1.807, 2.05) is 29.1 Å². The van der Waals surface area contributed by atoms with Gasteiger partial charge >= 0.3 is 0 Å². The third-order valence-corrected chi connectivity index (χ3v) is 10.5. The van der Waals surface area contributed by atoms with Gasteiger partial charge in [-0.2, -0.15) is 5.10 Å². The third-order valence-electron chi connectivity index (χ3n) is 8.77. The molecule has 3 unspecified atom stereocenters. The molecule has 0 spiro atoms.